The highest BCUT2D eigenvalue weighted by Gasteiger charge is 2.53. The molecule has 2 atom stereocenters. The first-order chi connectivity index (χ1) is 17.2. The van der Waals surface area contributed by atoms with Crippen molar-refractivity contribution >= 4 is 51.9 Å². The first-order valence-electron chi connectivity index (χ1n) is 10.6. The van der Waals surface area contributed by atoms with Crippen LogP contribution in [0.2, 0.25) is 0 Å². The molecule has 2 aliphatic rings. The van der Waals surface area contributed by atoms with Crippen LogP contribution in [0, 0.1) is 26.2 Å². The van der Waals surface area contributed by atoms with Crippen molar-refractivity contribution in [1.82, 2.24) is 19.6 Å². The lowest BCUT2D eigenvalue weighted by atomic mass is 10.0. The molecule has 4 heterocycles. The number of amides is 2. The lowest BCUT2D eigenvalue weighted by Crippen LogP contribution is -2.71. The second-order valence-corrected chi connectivity index (χ2v) is 9.93. The first kappa shape index (κ1) is 25.1. The second kappa shape index (κ2) is 10.3. The number of rotatable bonds is 8. The number of pyridine rings is 1. The van der Waals surface area contributed by atoms with Crippen LogP contribution in [0.3, 0.4) is 0 Å². The number of carbonyl (C=O) groups is 3. The Morgan fingerprint density at radius 3 is 2.75 bits per heavy atom. The number of aliphatic carboxylic acids is 1. The van der Waals surface area contributed by atoms with E-state index in [0.29, 0.717) is 11.3 Å². The molecule has 14 heteroatoms. The topological polar surface area (TPSA) is 167 Å². The van der Waals surface area contributed by atoms with Crippen LogP contribution in [0.1, 0.15) is 17.0 Å². The van der Waals surface area contributed by atoms with E-state index in [1.54, 1.807) is 0 Å². The third kappa shape index (κ3) is 5.02. The smallest absolute Gasteiger partial charge is 0.278 e. The van der Waals surface area contributed by atoms with Crippen LogP contribution < -0.4 is 20.7 Å². The van der Waals surface area contributed by atoms with E-state index in [0.717, 1.165) is 27.6 Å². The summed E-state index contributed by atoms with van der Waals surface area (Å²) in [7, 11) is 0. The highest BCUT2D eigenvalue weighted by molar-refractivity contribution is 8.00. The van der Waals surface area contributed by atoms with Crippen molar-refractivity contribution in [1.29, 1.82) is 0 Å². The quantitative estimate of drug-likeness (QED) is 0.104. The highest BCUT2D eigenvalue weighted by Crippen LogP contribution is 2.40. The van der Waals surface area contributed by atoms with Crippen molar-refractivity contribution in [3.8, 4) is 12.3 Å². The number of nitrogens with two attached hydrogens (primary N) is 1. The van der Waals surface area contributed by atoms with Crippen LogP contribution in [0.5, 0.6) is 0 Å². The summed E-state index contributed by atoms with van der Waals surface area (Å²) in [6, 6.07) is 1.01. The molecule has 1 fully saturated rings. The molecule has 2 aromatic heterocycles. The first-order valence-corrected chi connectivity index (χ1v) is 12.4. The molecule has 2 amide bonds. The Labute approximate surface area is 214 Å². The zero-order valence-corrected chi connectivity index (χ0v) is 20.9. The van der Waals surface area contributed by atoms with Crippen LogP contribution in [0.15, 0.2) is 34.9 Å². The average Bonchev–Trinajstić information content (AvgIpc) is 3.24. The molecule has 36 heavy (non-hydrogen) atoms. The third-order valence-electron chi connectivity index (χ3n) is 5.27. The summed E-state index contributed by atoms with van der Waals surface area (Å²) in [5.74, 6) is -0.373. The standard InChI is InChI=1S/C22H21N7O5S2/c1-4-5-34-26-14(17-25-22(23)36-27-17)18(30)24-15-19(31)29-16(21(32)33)13(10-35-20(15)29)9-28-7-11(2)6-12(3)8-28/h1,6-8,15,20H,5,9-10H2,2-3H3,(H3-,23,24,25,27,30,32,33)/t15?,20-/m0/s1. The molecule has 3 N–H and O–H groups in total. The van der Waals surface area contributed by atoms with Crippen molar-refractivity contribution in [3.63, 3.8) is 0 Å². The summed E-state index contributed by atoms with van der Waals surface area (Å²) in [6.07, 6.45) is 8.93. The predicted octanol–water partition coefficient (Wildman–Crippen LogP) is -1.52. The van der Waals surface area contributed by atoms with Crippen LogP contribution in [-0.2, 0) is 25.8 Å². The molecule has 0 spiro atoms. The number of aryl methyl sites for hydroxylation is 2. The predicted molar refractivity (Wildman–Crippen MR) is 129 cm³/mol. The fraction of sp³-hybridized carbons (Fsp3) is 0.318. The molecule has 1 saturated heterocycles. The average molecular weight is 528 g/mol. The molecule has 186 valence electrons. The maximum absolute atomic E-state index is 13.0. The number of oxime groups is 1. The number of anilines is 1. The van der Waals surface area contributed by atoms with Gasteiger partial charge in [0.2, 0.25) is 11.5 Å². The minimum atomic E-state index is -1.45. The number of nitrogens with zero attached hydrogens (tertiary/aromatic N) is 5. The zero-order chi connectivity index (χ0) is 26.0. The van der Waals surface area contributed by atoms with Gasteiger partial charge in [-0.2, -0.15) is 9.36 Å². The van der Waals surface area contributed by atoms with E-state index in [2.05, 4.69) is 25.8 Å². The Kier molecular flexibility index (Phi) is 7.22. The molecule has 4 rings (SSSR count). The summed E-state index contributed by atoms with van der Waals surface area (Å²) in [5.41, 5.74) is 7.69. The van der Waals surface area contributed by atoms with E-state index < -0.39 is 29.2 Å². The third-order valence-corrected chi connectivity index (χ3v) is 7.15. The van der Waals surface area contributed by atoms with E-state index in [1.165, 1.54) is 11.8 Å². The number of aromatic nitrogens is 3. The summed E-state index contributed by atoms with van der Waals surface area (Å²) in [5, 5.41) is 17.8. The normalized spacial score (nSPS) is 19.3. The molecule has 0 radical (unpaired) electrons. The SMILES string of the molecule is C#CCON=C(C(=O)NC1C(=O)N2C(C(=O)[O-])=C(C[n+]3cc(C)cc(C)c3)CS[C@@H]12)c1nsc(N)n1. The minimum absolute atomic E-state index is 0.0879. The number of nitrogens with one attached hydrogen (secondary N) is 1. The molecule has 2 aliphatic heterocycles. The lowest BCUT2D eigenvalue weighted by Gasteiger charge is -2.50. The zero-order valence-electron chi connectivity index (χ0n) is 19.3. The number of hydrogen-bond acceptors (Lipinski definition) is 11. The number of carbonyl (C=O) groups excluding carboxylic acids is 3. The van der Waals surface area contributed by atoms with Gasteiger partial charge in [-0.3, -0.25) is 14.5 Å². The van der Waals surface area contributed by atoms with Gasteiger partial charge in [0.15, 0.2) is 30.7 Å². The number of thioether (sulfide) groups is 1. The maximum atomic E-state index is 13.0. The van der Waals surface area contributed by atoms with Crippen molar-refractivity contribution in [2.45, 2.75) is 31.8 Å². The van der Waals surface area contributed by atoms with Crippen LogP contribution in [-0.4, -0.2) is 61.5 Å². The Morgan fingerprint density at radius 2 is 2.14 bits per heavy atom. The molecule has 2 aromatic rings. The fourth-order valence-electron chi connectivity index (χ4n) is 3.96. The molecular weight excluding hydrogens is 506 g/mol. The summed E-state index contributed by atoms with van der Waals surface area (Å²) >= 11 is 2.19. The van der Waals surface area contributed by atoms with E-state index in [4.69, 9.17) is 17.0 Å². The van der Waals surface area contributed by atoms with Crippen LogP contribution in [0.25, 0.3) is 0 Å². The van der Waals surface area contributed by atoms with Gasteiger partial charge in [0.25, 0.3) is 11.8 Å². The van der Waals surface area contributed by atoms with Crippen molar-refractivity contribution in [2.24, 2.45) is 5.16 Å². The number of terminal acetylenes is 1. The van der Waals surface area contributed by atoms with Crippen LogP contribution in [0.4, 0.5) is 5.13 Å². The van der Waals surface area contributed by atoms with Gasteiger partial charge in [-0.25, -0.2) is 4.57 Å². The number of carboxylic acids is 1. The van der Waals surface area contributed by atoms with Gasteiger partial charge in [-0.1, -0.05) is 11.1 Å². The number of fused-ring (bicyclic) bond motifs is 1. The number of carboxylic acid groups (broad SMARTS) is 1. The van der Waals surface area contributed by atoms with Gasteiger partial charge in [0.05, 0.1) is 11.7 Å². The lowest BCUT2D eigenvalue weighted by molar-refractivity contribution is -0.689. The Balaban J connectivity index is 1.54. The van der Waals surface area contributed by atoms with E-state index in [9.17, 15) is 19.5 Å². The largest absolute Gasteiger partial charge is 0.543 e. The van der Waals surface area contributed by atoms with Gasteiger partial charge in [0, 0.05) is 34.0 Å². The number of hydrogen-bond donors (Lipinski definition) is 2. The molecule has 1 unspecified atom stereocenters. The fourth-order valence-corrected chi connectivity index (χ4v) is 5.73. The van der Waals surface area contributed by atoms with Gasteiger partial charge < -0.3 is 25.8 Å². The molecular formula is C22H21N7O5S2. The summed E-state index contributed by atoms with van der Waals surface area (Å²) in [6.45, 7) is 3.97. The monoisotopic (exact) mass is 527 g/mol. The van der Waals surface area contributed by atoms with Gasteiger partial charge in [0.1, 0.15) is 11.4 Å². The summed E-state index contributed by atoms with van der Waals surface area (Å²) in [4.78, 5) is 48.0. The van der Waals surface area contributed by atoms with E-state index in [1.807, 2.05) is 36.9 Å². The second-order valence-electron chi connectivity index (χ2n) is 8.04. The Morgan fingerprint density at radius 1 is 1.42 bits per heavy atom. The number of nitrogen functional groups attached to an aromatic ring is 1. The van der Waals surface area contributed by atoms with Crippen LogP contribution >= 0.6 is 23.3 Å². The Bertz CT molecular complexity index is 1330. The van der Waals surface area contributed by atoms with E-state index >= 15 is 0 Å². The Hall–Kier alpha value is -3.96. The molecule has 0 aliphatic carbocycles. The summed E-state index contributed by atoms with van der Waals surface area (Å²) < 4.78 is 5.82. The molecule has 12 nitrogen and oxygen atoms in total. The maximum Gasteiger partial charge on any atom is 0.278 e. The van der Waals surface area contributed by atoms with Gasteiger partial charge in [-0.05, 0) is 19.9 Å². The highest BCUT2D eigenvalue weighted by atomic mass is 32.2. The van der Waals surface area contributed by atoms with Crippen molar-refractivity contribution in [3.05, 3.63) is 46.7 Å². The molecule has 0 bridgehead atoms. The van der Waals surface area contributed by atoms with Crippen molar-refractivity contribution in [2.75, 3.05) is 18.1 Å². The minimum Gasteiger partial charge on any atom is -0.543 e. The van der Waals surface area contributed by atoms with Crippen molar-refractivity contribution < 1.29 is 28.9 Å². The molecule has 0 saturated carbocycles. The van der Waals surface area contributed by atoms with E-state index in [-0.39, 0.29) is 35.5 Å². The van der Waals surface area contributed by atoms with Gasteiger partial charge in [-0.15, -0.1) is 18.2 Å². The molecule has 0 aromatic carbocycles. The number of β-lactam (4-membered cyclic amide) rings is 1. The van der Waals surface area contributed by atoms with Gasteiger partial charge >= 0.3 is 0 Å².